The van der Waals surface area contributed by atoms with Crippen molar-refractivity contribution in [2.75, 3.05) is 13.7 Å². The number of carbonyl (C=O) groups is 1. The maximum absolute atomic E-state index is 11.6. The van der Waals surface area contributed by atoms with Gasteiger partial charge >= 0.3 is 5.97 Å². The fourth-order valence-corrected chi connectivity index (χ4v) is 3.10. The Morgan fingerprint density at radius 2 is 1.46 bits per heavy atom. The minimum atomic E-state index is -0.851. The first-order chi connectivity index (χ1) is 13.3. The summed E-state index contributed by atoms with van der Waals surface area (Å²) in [4.78, 5) is 11.6. The molecule has 0 heterocycles. The van der Waals surface area contributed by atoms with Crippen LogP contribution >= 0.6 is 0 Å². The Morgan fingerprint density at radius 3 is 1.89 bits per heavy atom. The highest BCUT2D eigenvalue weighted by molar-refractivity contribution is 5.86. The van der Waals surface area contributed by atoms with E-state index in [1.807, 2.05) is 43.3 Å². The molecule has 4 nitrogen and oxygen atoms in total. The number of ether oxygens (including phenoxy) is 3. The highest BCUT2D eigenvalue weighted by Gasteiger charge is 2.38. The predicted octanol–water partition coefficient (Wildman–Crippen LogP) is 5.23. The lowest BCUT2D eigenvalue weighted by Gasteiger charge is -2.40. The molecule has 0 spiro atoms. The van der Waals surface area contributed by atoms with E-state index in [1.165, 1.54) is 0 Å². The van der Waals surface area contributed by atoms with E-state index in [9.17, 15) is 4.79 Å². The van der Waals surface area contributed by atoms with Crippen LogP contribution in [0.5, 0.6) is 0 Å². The van der Waals surface area contributed by atoms with Crippen molar-refractivity contribution in [3.05, 3.63) is 83.9 Å². The summed E-state index contributed by atoms with van der Waals surface area (Å²) < 4.78 is 17.6. The molecule has 1 atom stereocenters. The Kier molecular flexibility index (Phi) is 7.55. The van der Waals surface area contributed by atoms with Gasteiger partial charge in [-0.1, -0.05) is 67.2 Å². The fourth-order valence-electron chi connectivity index (χ4n) is 3.10. The van der Waals surface area contributed by atoms with Crippen LogP contribution in [0.2, 0.25) is 0 Å². The highest BCUT2D eigenvalue weighted by atomic mass is 16.7. The molecule has 0 bridgehead atoms. The smallest absolute Gasteiger partial charge is 0.333 e. The molecule has 0 aromatic heterocycles. The molecule has 0 N–H and O–H groups in total. The van der Waals surface area contributed by atoms with Gasteiger partial charge in [0.25, 0.3) is 0 Å². The Balaban J connectivity index is 2.19. The molecule has 0 aliphatic heterocycles. The molecule has 0 saturated heterocycles. The third-order valence-corrected chi connectivity index (χ3v) is 4.86. The third kappa shape index (κ3) is 5.54. The van der Waals surface area contributed by atoms with Crippen molar-refractivity contribution in [3.8, 4) is 0 Å². The van der Waals surface area contributed by atoms with Crippen LogP contribution in [-0.4, -0.2) is 25.5 Å². The van der Waals surface area contributed by atoms with Crippen LogP contribution in [0.1, 0.15) is 44.7 Å². The average molecular weight is 382 g/mol. The van der Waals surface area contributed by atoms with Crippen molar-refractivity contribution in [3.63, 3.8) is 0 Å². The molecule has 2 aromatic rings. The van der Waals surface area contributed by atoms with Crippen LogP contribution in [0, 0.1) is 0 Å². The van der Waals surface area contributed by atoms with E-state index < -0.39 is 11.4 Å². The largest absolute Gasteiger partial charge is 0.462 e. The summed E-state index contributed by atoms with van der Waals surface area (Å²) in [5, 5.41) is 0. The number of esters is 1. The standard InChI is InChI=1S/C24H30O4/c1-19(2)22(25)27-18-12-17-23(3,26-5)28-24(4,20-13-8-6-9-14-20)21-15-10-7-11-16-21/h6-11,13-16H,1,12,17-18H2,2-5H3. The van der Waals surface area contributed by atoms with Gasteiger partial charge in [-0.2, -0.15) is 0 Å². The molecule has 4 heteroatoms. The van der Waals surface area contributed by atoms with Crippen LogP contribution in [0.25, 0.3) is 0 Å². The molecule has 28 heavy (non-hydrogen) atoms. The minimum Gasteiger partial charge on any atom is -0.462 e. The Labute approximate surface area is 168 Å². The quantitative estimate of drug-likeness (QED) is 0.244. The van der Waals surface area contributed by atoms with E-state index in [0.29, 0.717) is 25.0 Å². The molecule has 2 aromatic carbocycles. The first-order valence-corrected chi connectivity index (χ1v) is 9.50. The number of carbonyl (C=O) groups excluding carboxylic acids is 1. The lowest BCUT2D eigenvalue weighted by atomic mass is 9.87. The highest BCUT2D eigenvalue weighted by Crippen LogP contribution is 2.38. The Bertz CT molecular complexity index is 730. The van der Waals surface area contributed by atoms with Gasteiger partial charge < -0.3 is 14.2 Å². The van der Waals surface area contributed by atoms with E-state index in [-0.39, 0.29) is 5.97 Å². The summed E-state index contributed by atoms with van der Waals surface area (Å²) in [7, 11) is 1.64. The first kappa shape index (κ1) is 21.9. The van der Waals surface area contributed by atoms with E-state index in [2.05, 4.69) is 37.8 Å². The van der Waals surface area contributed by atoms with Gasteiger partial charge in [0.1, 0.15) is 5.60 Å². The maximum atomic E-state index is 11.6. The minimum absolute atomic E-state index is 0.293. The number of rotatable bonds is 10. The molecule has 0 aliphatic rings. The van der Waals surface area contributed by atoms with Gasteiger partial charge in [0.15, 0.2) is 5.79 Å². The SMILES string of the molecule is C=C(C)C(=O)OCCCC(C)(OC)OC(C)(c1ccccc1)c1ccccc1. The van der Waals surface area contributed by atoms with Crippen molar-refractivity contribution in [1.82, 2.24) is 0 Å². The van der Waals surface area contributed by atoms with Crippen molar-refractivity contribution in [2.24, 2.45) is 0 Å². The van der Waals surface area contributed by atoms with Crippen LogP contribution in [-0.2, 0) is 24.6 Å². The van der Waals surface area contributed by atoms with E-state index in [4.69, 9.17) is 14.2 Å². The molecule has 0 fully saturated rings. The molecule has 150 valence electrons. The zero-order valence-electron chi connectivity index (χ0n) is 17.2. The molecular weight excluding hydrogens is 352 g/mol. The average Bonchev–Trinajstić information content (AvgIpc) is 2.72. The monoisotopic (exact) mass is 382 g/mol. The maximum Gasteiger partial charge on any atom is 0.333 e. The molecule has 0 aliphatic carbocycles. The fraction of sp³-hybridized carbons (Fsp3) is 0.375. The van der Waals surface area contributed by atoms with Crippen LogP contribution < -0.4 is 0 Å². The van der Waals surface area contributed by atoms with E-state index >= 15 is 0 Å². The van der Waals surface area contributed by atoms with Gasteiger partial charge in [0, 0.05) is 19.1 Å². The van der Waals surface area contributed by atoms with Crippen LogP contribution in [0.15, 0.2) is 72.8 Å². The zero-order chi connectivity index (χ0) is 20.6. The topological polar surface area (TPSA) is 44.8 Å². The van der Waals surface area contributed by atoms with Gasteiger partial charge in [-0.05, 0) is 38.3 Å². The van der Waals surface area contributed by atoms with Gasteiger partial charge in [-0.15, -0.1) is 0 Å². The van der Waals surface area contributed by atoms with E-state index in [0.717, 1.165) is 11.1 Å². The Hall–Kier alpha value is -2.43. The third-order valence-electron chi connectivity index (χ3n) is 4.86. The second kappa shape index (κ2) is 9.67. The summed E-state index contributed by atoms with van der Waals surface area (Å²) in [5.41, 5.74) is 1.78. The molecule has 1 unspecified atom stereocenters. The number of hydrogen-bond donors (Lipinski definition) is 0. The van der Waals surface area contributed by atoms with Gasteiger partial charge in [0.05, 0.1) is 6.61 Å². The second-order valence-electron chi connectivity index (χ2n) is 7.23. The lowest BCUT2D eigenvalue weighted by molar-refractivity contribution is -0.262. The van der Waals surface area contributed by atoms with Gasteiger partial charge in [-0.3, -0.25) is 0 Å². The molecule has 0 radical (unpaired) electrons. The normalized spacial score (nSPS) is 13.6. The number of methoxy groups -OCH3 is 1. The molecule has 0 saturated carbocycles. The summed E-state index contributed by atoms with van der Waals surface area (Å²) in [6.45, 7) is 9.48. The van der Waals surface area contributed by atoms with Crippen molar-refractivity contribution in [2.45, 2.75) is 45.0 Å². The van der Waals surface area contributed by atoms with Crippen LogP contribution in [0.4, 0.5) is 0 Å². The Morgan fingerprint density at radius 1 is 0.964 bits per heavy atom. The number of hydrogen-bond acceptors (Lipinski definition) is 4. The van der Waals surface area contributed by atoms with Crippen molar-refractivity contribution >= 4 is 5.97 Å². The van der Waals surface area contributed by atoms with Gasteiger partial charge in [0.2, 0.25) is 0 Å². The number of benzene rings is 2. The van der Waals surface area contributed by atoms with Crippen molar-refractivity contribution in [1.29, 1.82) is 0 Å². The predicted molar refractivity (Wildman–Crippen MR) is 111 cm³/mol. The van der Waals surface area contributed by atoms with Gasteiger partial charge in [-0.25, -0.2) is 4.79 Å². The molecule has 2 rings (SSSR count). The summed E-state index contributed by atoms with van der Waals surface area (Å²) in [6.07, 6.45) is 1.19. The summed E-state index contributed by atoms with van der Waals surface area (Å²) in [6, 6.07) is 20.2. The lowest BCUT2D eigenvalue weighted by Crippen LogP contribution is -2.41. The molecular formula is C24H30O4. The summed E-state index contributed by atoms with van der Waals surface area (Å²) in [5.74, 6) is -1.23. The summed E-state index contributed by atoms with van der Waals surface area (Å²) >= 11 is 0. The second-order valence-corrected chi connectivity index (χ2v) is 7.23. The zero-order valence-corrected chi connectivity index (χ0v) is 17.2. The van der Waals surface area contributed by atoms with E-state index in [1.54, 1.807) is 14.0 Å². The molecule has 0 amide bonds. The first-order valence-electron chi connectivity index (χ1n) is 9.50. The van der Waals surface area contributed by atoms with Crippen LogP contribution in [0.3, 0.4) is 0 Å². The van der Waals surface area contributed by atoms with Crippen molar-refractivity contribution < 1.29 is 19.0 Å².